The largest absolute Gasteiger partial charge is 0.391 e. The first kappa shape index (κ1) is 13.8. The second-order valence-corrected chi connectivity index (χ2v) is 6.45. The molecule has 0 aliphatic rings. The molecule has 0 amide bonds. The first-order valence-electron chi connectivity index (χ1n) is 6.34. The average molecular weight is 273 g/mol. The van der Waals surface area contributed by atoms with Crippen LogP contribution in [0.4, 0.5) is 0 Å². The van der Waals surface area contributed by atoms with Crippen LogP contribution < -0.4 is 0 Å². The van der Waals surface area contributed by atoms with Crippen molar-refractivity contribution < 1.29 is 4.84 Å². The molecule has 0 saturated heterocycles. The Kier molecular flexibility index (Phi) is 4.38. The second kappa shape index (κ2) is 6.02. The maximum absolute atomic E-state index is 5.29. The topological polar surface area (TPSA) is 21.6 Å². The number of hydrogen-bond acceptors (Lipinski definition) is 3. The molecule has 0 fully saturated rings. The van der Waals surface area contributed by atoms with E-state index < -0.39 is 0 Å². The lowest BCUT2D eigenvalue weighted by molar-refractivity contribution is 0.132. The molecule has 0 N–H and O–H groups in total. The van der Waals surface area contributed by atoms with Crippen LogP contribution in [-0.4, -0.2) is 6.21 Å². The molecular formula is C16H19NOS. The van der Waals surface area contributed by atoms with E-state index in [2.05, 4.69) is 50.2 Å². The molecule has 0 bridgehead atoms. The minimum Gasteiger partial charge on any atom is -0.391 e. The third kappa shape index (κ3) is 4.21. The third-order valence-electron chi connectivity index (χ3n) is 2.85. The molecule has 0 aliphatic heterocycles. The molecule has 0 saturated carbocycles. The van der Waals surface area contributed by atoms with Gasteiger partial charge in [-0.2, -0.15) is 0 Å². The number of oxime groups is 1. The Labute approximate surface area is 118 Å². The number of thiophene rings is 1. The van der Waals surface area contributed by atoms with Crippen molar-refractivity contribution in [3.63, 3.8) is 0 Å². The highest BCUT2D eigenvalue weighted by Gasteiger charge is 2.12. The Balaban J connectivity index is 1.87. The number of nitrogens with zero attached hydrogens (tertiary/aromatic N) is 1. The maximum Gasteiger partial charge on any atom is 0.142 e. The Hall–Kier alpha value is -1.61. The number of hydrogen-bond donors (Lipinski definition) is 0. The molecule has 2 aromatic rings. The van der Waals surface area contributed by atoms with Gasteiger partial charge in [0.25, 0.3) is 0 Å². The van der Waals surface area contributed by atoms with Gasteiger partial charge in [0, 0.05) is 4.88 Å². The molecule has 2 rings (SSSR count). The van der Waals surface area contributed by atoms with Crippen LogP contribution in [0.1, 0.15) is 36.8 Å². The van der Waals surface area contributed by atoms with Crippen LogP contribution in [0.2, 0.25) is 0 Å². The molecule has 0 radical (unpaired) electrons. The summed E-state index contributed by atoms with van der Waals surface area (Å²) in [6, 6.07) is 12.5. The molecule has 0 aliphatic carbocycles. The Bertz CT molecular complexity index is 521. The molecule has 2 nitrogen and oxygen atoms in total. The Morgan fingerprint density at radius 2 is 1.89 bits per heavy atom. The van der Waals surface area contributed by atoms with Gasteiger partial charge in [0.15, 0.2) is 0 Å². The molecule has 0 unspecified atom stereocenters. The van der Waals surface area contributed by atoms with Gasteiger partial charge in [0.1, 0.15) is 6.61 Å². The highest BCUT2D eigenvalue weighted by Crippen LogP contribution is 2.22. The van der Waals surface area contributed by atoms with Crippen LogP contribution in [-0.2, 0) is 16.9 Å². The van der Waals surface area contributed by atoms with Gasteiger partial charge in [0.2, 0.25) is 0 Å². The molecule has 1 aromatic heterocycles. The van der Waals surface area contributed by atoms with Crippen molar-refractivity contribution >= 4 is 17.6 Å². The van der Waals surface area contributed by atoms with Crippen molar-refractivity contribution in [3.05, 3.63) is 57.8 Å². The van der Waals surface area contributed by atoms with Gasteiger partial charge in [-0.25, -0.2) is 0 Å². The summed E-state index contributed by atoms with van der Waals surface area (Å²) >= 11 is 1.64. The van der Waals surface area contributed by atoms with Crippen LogP contribution in [0.25, 0.3) is 0 Å². The molecular weight excluding hydrogens is 254 g/mol. The van der Waals surface area contributed by atoms with Crippen LogP contribution in [0.15, 0.2) is 46.9 Å². The summed E-state index contributed by atoms with van der Waals surface area (Å²) in [4.78, 5) is 6.39. The average Bonchev–Trinajstić information content (AvgIpc) is 2.87. The van der Waals surface area contributed by atoms with E-state index in [0.29, 0.717) is 6.61 Å². The predicted molar refractivity (Wildman–Crippen MR) is 81.8 cm³/mol. The highest BCUT2D eigenvalue weighted by molar-refractivity contribution is 7.11. The highest BCUT2D eigenvalue weighted by atomic mass is 32.1. The predicted octanol–water partition coefficient (Wildman–Crippen LogP) is 4.60. The molecule has 19 heavy (non-hydrogen) atoms. The van der Waals surface area contributed by atoms with Crippen molar-refractivity contribution in [2.45, 2.75) is 32.8 Å². The van der Waals surface area contributed by atoms with E-state index in [1.165, 1.54) is 5.56 Å². The zero-order chi connectivity index (χ0) is 13.7. The minimum atomic E-state index is 0.191. The number of benzene rings is 1. The van der Waals surface area contributed by atoms with Gasteiger partial charge in [-0.15, -0.1) is 11.3 Å². The van der Waals surface area contributed by atoms with E-state index >= 15 is 0 Å². The third-order valence-corrected chi connectivity index (χ3v) is 3.66. The molecule has 0 atom stereocenters. The van der Waals surface area contributed by atoms with Crippen molar-refractivity contribution in [2.75, 3.05) is 0 Å². The van der Waals surface area contributed by atoms with Crippen molar-refractivity contribution in [1.82, 2.24) is 0 Å². The zero-order valence-corrected chi connectivity index (χ0v) is 12.4. The van der Waals surface area contributed by atoms with E-state index in [9.17, 15) is 0 Å². The van der Waals surface area contributed by atoms with Crippen LogP contribution >= 0.6 is 11.3 Å². The quantitative estimate of drug-likeness (QED) is 0.589. The monoisotopic (exact) mass is 273 g/mol. The van der Waals surface area contributed by atoms with Gasteiger partial charge in [0.05, 0.1) is 6.21 Å². The summed E-state index contributed by atoms with van der Waals surface area (Å²) < 4.78 is 0. The summed E-state index contributed by atoms with van der Waals surface area (Å²) in [6.45, 7) is 7.14. The Morgan fingerprint density at radius 1 is 1.16 bits per heavy atom. The van der Waals surface area contributed by atoms with E-state index in [0.717, 1.165) is 10.4 Å². The van der Waals surface area contributed by atoms with Gasteiger partial charge in [-0.3, -0.25) is 0 Å². The van der Waals surface area contributed by atoms with Crippen molar-refractivity contribution in [3.8, 4) is 0 Å². The SMILES string of the molecule is CC(C)(C)c1ccc(CO/N=C/c2cccs2)cc1. The smallest absolute Gasteiger partial charge is 0.142 e. The van der Waals surface area contributed by atoms with E-state index in [1.54, 1.807) is 17.6 Å². The van der Waals surface area contributed by atoms with E-state index in [1.807, 2.05) is 17.5 Å². The molecule has 1 aromatic carbocycles. The molecule has 0 spiro atoms. The maximum atomic E-state index is 5.29. The molecule has 100 valence electrons. The fourth-order valence-electron chi connectivity index (χ4n) is 1.67. The summed E-state index contributed by atoms with van der Waals surface area (Å²) in [5.41, 5.74) is 2.66. The molecule has 1 heterocycles. The zero-order valence-electron chi connectivity index (χ0n) is 11.6. The fraction of sp³-hybridized carbons (Fsp3) is 0.312. The molecule has 3 heteroatoms. The van der Waals surface area contributed by atoms with Crippen molar-refractivity contribution in [2.24, 2.45) is 5.16 Å². The summed E-state index contributed by atoms with van der Waals surface area (Å²) in [5.74, 6) is 0. The lowest BCUT2D eigenvalue weighted by atomic mass is 9.87. The van der Waals surface area contributed by atoms with E-state index in [-0.39, 0.29) is 5.41 Å². The lowest BCUT2D eigenvalue weighted by Crippen LogP contribution is -2.10. The van der Waals surface area contributed by atoms with Crippen LogP contribution in [0, 0.1) is 0 Å². The van der Waals surface area contributed by atoms with Crippen molar-refractivity contribution in [1.29, 1.82) is 0 Å². The first-order chi connectivity index (χ1) is 9.05. The van der Waals surface area contributed by atoms with Gasteiger partial charge in [-0.1, -0.05) is 56.3 Å². The standard InChI is InChI=1S/C16H19NOS/c1-16(2,3)14-8-6-13(7-9-14)12-18-17-11-15-5-4-10-19-15/h4-11H,12H2,1-3H3/b17-11+. The lowest BCUT2D eigenvalue weighted by Gasteiger charge is -2.18. The summed E-state index contributed by atoms with van der Waals surface area (Å²) in [5, 5.41) is 5.99. The van der Waals surface area contributed by atoms with Gasteiger partial charge >= 0.3 is 0 Å². The van der Waals surface area contributed by atoms with Gasteiger partial charge < -0.3 is 4.84 Å². The van der Waals surface area contributed by atoms with Crippen LogP contribution in [0.3, 0.4) is 0 Å². The summed E-state index contributed by atoms with van der Waals surface area (Å²) in [7, 11) is 0. The fourth-order valence-corrected chi connectivity index (χ4v) is 2.24. The second-order valence-electron chi connectivity index (χ2n) is 5.47. The number of rotatable bonds is 4. The normalized spacial score (nSPS) is 11.9. The first-order valence-corrected chi connectivity index (χ1v) is 7.22. The Morgan fingerprint density at radius 3 is 2.47 bits per heavy atom. The van der Waals surface area contributed by atoms with E-state index in [4.69, 9.17) is 4.84 Å². The minimum absolute atomic E-state index is 0.191. The van der Waals surface area contributed by atoms with Gasteiger partial charge in [-0.05, 0) is 28.0 Å². The van der Waals surface area contributed by atoms with Crippen LogP contribution in [0.5, 0.6) is 0 Å². The summed E-state index contributed by atoms with van der Waals surface area (Å²) in [6.07, 6.45) is 1.74.